The molecular formula is C11H16N4O2S. The van der Waals surface area contributed by atoms with Crippen molar-refractivity contribution in [1.82, 2.24) is 10.2 Å². The zero-order valence-electron chi connectivity index (χ0n) is 10.1. The molecule has 7 heteroatoms. The number of ether oxygens (including phenoxy) is 1. The molecule has 0 aliphatic carbocycles. The molecule has 1 saturated heterocycles. The number of amides is 1. The number of carbonyl (C=O) groups excluding carboxylic acids is 1. The fraction of sp³-hybridized carbons (Fsp3) is 0.545. The van der Waals surface area contributed by atoms with Gasteiger partial charge in [-0.2, -0.15) is 5.10 Å². The summed E-state index contributed by atoms with van der Waals surface area (Å²) in [5, 5.41) is 9.31. The van der Waals surface area contributed by atoms with Crippen molar-refractivity contribution in [3.8, 4) is 0 Å². The van der Waals surface area contributed by atoms with Crippen LogP contribution in [0.1, 0.15) is 18.9 Å². The lowest BCUT2D eigenvalue weighted by molar-refractivity contribution is -0.125. The van der Waals surface area contributed by atoms with Crippen molar-refractivity contribution in [1.29, 1.82) is 0 Å². The van der Waals surface area contributed by atoms with Crippen molar-refractivity contribution >= 4 is 28.9 Å². The summed E-state index contributed by atoms with van der Waals surface area (Å²) in [5.41, 5.74) is 6.09. The van der Waals surface area contributed by atoms with Crippen LogP contribution in [0.3, 0.4) is 0 Å². The van der Waals surface area contributed by atoms with Crippen molar-refractivity contribution < 1.29 is 9.53 Å². The van der Waals surface area contributed by atoms with E-state index in [4.69, 9.17) is 22.7 Å². The quantitative estimate of drug-likeness (QED) is 0.700. The van der Waals surface area contributed by atoms with Crippen LogP contribution in [0.4, 0.5) is 5.82 Å². The molecule has 0 saturated carbocycles. The van der Waals surface area contributed by atoms with Gasteiger partial charge in [0, 0.05) is 19.1 Å². The molecule has 0 radical (unpaired) electrons. The molecule has 98 valence electrons. The predicted molar refractivity (Wildman–Crippen MR) is 71.2 cm³/mol. The number of aromatic amines is 1. The van der Waals surface area contributed by atoms with E-state index in [9.17, 15) is 4.79 Å². The molecule has 2 heterocycles. The van der Waals surface area contributed by atoms with Crippen molar-refractivity contribution in [2.24, 2.45) is 17.6 Å². The number of rotatable bonds is 3. The highest BCUT2D eigenvalue weighted by atomic mass is 32.1. The van der Waals surface area contributed by atoms with Gasteiger partial charge in [0.05, 0.1) is 11.8 Å². The van der Waals surface area contributed by atoms with Gasteiger partial charge in [-0.3, -0.25) is 9.89 Å². The van der Waals surface area contributed by atoms with Gasteiger partial charge in [-0.05, 0) is 12.3 Å². The van der Waals surface area contributed by atoms with E-state index in [-0.39, 0.29) is 22.7 Å². The van der Waals surface area contributed by atoms with Crippen LogP contribution in [0.15, 0.2) is 6.20 Å². The van der Waals surface area contributed by atoms with Gasteiger partial charge in [0.2, 0.25) is 5.91 Å². The first-order chi connectivity index (χ1) is 8.59. The third kappa shape index (κ3) is 2.68. The SMILES string of the molecule is CC1COCCC1C(=O)Nc1[nH]ncc1C(N)=S. The van der Waals surface area contributed by atoms with Gasteiger partial charge in [-0.1, -0.05) is 19.1 Å². The topological polar surface area (TPSA) is 93.0 Å². The maximum atomic E-state index is 12.2. The maximum absolute atomic E-state index is 12.2. The highest BCUT2D eigenvalue weighted by molar-refractivity contribution is 7.80. The Bertz CT molecular complexity index is 460. The van der Waals surface area contributed by atoms with Crippen LogP contribution >= 0.6 is 12.2 Å². The molecule has 1 aliphatic rings. The molecule has 4 N–H and O–H groups in total. The minimum Gasteiger partial charge on any atom is -0.389 e. The van der Waals surface area contributed by atoms with Gasteiger partial charge in [0.1, 0.15) is 10.8 Å². The lowest BCUT2D eigenvalue weighted by Gasteiger charge is -2.27. The summed E-state index contributed by atoms with van der Waals surface area (Å²) in [4.78, 5) is 12.4. The van der Waals surface area contributed by atoms with Crippen molar-refractivity contribution in [2.75, 3.05) is 18.5 Å². The van der Waals surface area contributed by atoms with Crippen LogP contribution < -0.4 is 11.1 Å². The minimum atomic E-state index is -0.0544. The molecule has 0 spiro atoms. The summed E-state index contributed by atoms with van der Waals surface area (Å²) < 4.78 is 5.32. The zero-order chi connectivity index (χ0) is 13.1. The molecule has 1 aromatic heterocycles. The Labute approximate surface area is 110 Å². The largest absolute Gasteiger partial charge is 0.389 e. The molecular weight excluding hydrogens is 252 g/mol. The van der Waals surface area contributed by atoms with Crippen molar-refractivity contribution in [3.05, 3.63) is 11.8 Å². The van der Waals surface area contributed by atoms with Gasteiger partial charge >= 0.3 is 0 Å². The summed E-state index contributed by atoms with van der Waals surface area (Å²) in [7, 11) is 0. The van der Waals surface area contributed by atoms with Gasteiger partial charge in [0.25, 0.3) is 0 Å². The van der Waals surface area contributed by atoms with E-state index >= 15 is 0 Å². The third-order valence-corrected chi connectivity index (χ3v) is 3.35. The van der Waals surface area contributed by atoms with Crippen molar-refractivity contribution in [2.45, 2.75) is 13.3 Å². The van der Waals surface area contributed by atoms with Gasteiger partial charge in [-0.25, -0.2) is 0 Å². The molecule has 2 unspecified atom stereocenters. The second-order valence-corrected chi connectivity index (χ2v) is 4.90. The number of nitrogens with two attached hydrogens (primary N) is 1. The molecule has 1 aromatic rings. The number of aromatic nitrogens is 2. The maximum Gasteiger partial charge on any atom is 0.229 e. The van der Waals surface area contributed by atoms with Crippen LogP contribution in [0.5, 0.6) is 0 Å². The number of carbonyl (C=O) groups is 1. The first-order valence-corrected chi connectivity index (χ1v) is 6.22. The minimum absolute atomic E-state index is 0.0486. The molecule has 6 nitrogen and oxygen atoms in total. The Kier molecular flexibility index (Phi) is 3.93. The molecule has 1 fully saturated rings. The molecule has 0 bridgehead atoms. The predicted octanol–water partition coefficient (Wildman–Crippen LogP) is 0.655. The Morgan fingerprint density at radius 2 is 2.50 bits per heavy atom. The fourth-order valence-corrected chi connectivity index (χ4v) is 2.21. The van der Waals surface area contributed by atoms with Crippen LogP contribution in [0.25, 0.3) is 0 Å². The highest BCUT2D eigenvalue weighted by Crippen LogP contribution is 2.23. The zero-order valence-corrected chi connectivity index (χ0v) is 10.9. The van der Waals surface area contributed by atoms with E-state index in [1.165, 1.54) is 6.20 Å². The van der Waals surface area contributed by atoms with Crippen LogP contribution in [0, 0.1) is 11.8 Å². The highest BCUT2D eigenvalue weighted by Gasteiger charge is 2.29. The Morgan fingerprint density at radius 1 is 1.72 bits per heavy atom. The first kappa shape index (κ1) is 13.0. The van der Waals surface area contributed by atoms with Crippen LogP contribution in [0.2, 0.25) is 0 Å². The molecule has 1 aliphatic heterocycles. The van der Waals surface area contributed by atoms with E-state index in [0.29, 0.717) is 24.6 Å². The lowest BCUT2D eigenvalue weighted by Crippen LogP contribution is -2.35. The van der Waals surface area contributed by atoms with E-state index in [2.05, 4.69) is 15.5 Å². The number of hydrogen-bond donors (Lipinski definition) is 3. The first-order valence-electron chi connectivity index (χ1n) is 5.81. The average molecular weight is 268 g/mol. The molecule has 18 heavy (non-hydrogen) atoms. The summed E-state index contributed by atoms with van der Waals surface area (Å²) in [6, 6.07) is 0. The molecule has 2 atom stereocenters. The van der Waals surface area contributed by atoms with Crippen molar-refractivity contribution in [3.63, 3.8) is 0 Å². The van der Waals surface area contributed by atoms with E-state index in [1.54, 1.807) is 0 Å². The summed E-state index contributed by atoms with van der Waals surface area (Å²) in [6.45, 7) is 3.24. The number of anilines is 1. The number of thiocarbonyl (C=S) groups is 1. The van der Waals surface area contributed by atoms with Crippen LogP contribution in [-0.2, 0) is 9.53 Å². The smallest absolute Gasteiger partial charge is 0.229 e. The Hall–Kier alpha value is -1.47. The summed E-state index contributed by atoms with van der Waals surface area (Å²) in [6.07, 6.45) is 2.23. The number of nitrogens with one attached hydrogen (secondary N) is 2. The fourth-order valence-electron chi connectivity index (χ4n) is 2.05. The van der Waals surface area contributed by atoms with Gasteiger partial charge in [0.15, 0.2) is 0 Å². The normalized spacial score (nSPS) is 23.6. The second-order valence-electron chi connectivity index (χ2n) is 4.46. The molecule has 1 amide bonds. The Balaban J connectivity index is 2.06. The van der Waals surface area contributed by atoms with E-state index < -0.39 is 0 Å². The Morgan fingerprint density at radius 3 is 3.17 bits per heavy atom. The number of nitrogens with zero attached hydrogens (tertiary/aromatic N) is 1. The summed E-state index contributed by atoms with van der Waals surface area (Å²) >= 11 is 4.88. The molecule has 2 rings (SSSR count). The second kappa shape index (κ2) is 5.45. The van der Waals surface area contributed by atoms with Crippen LogP contribution in [-0.4, -0.2) is 34.3 Å². The monoisotopic (exact) mass is 268 g/mol. The average Bonchev–Trinajstić information content (AvgIpc) is 2.77. The molecule has 0 aromatic carbocycles. The standard InChI is InChI=1S/C11H16N4O2S/c1-6-5-17-3-2-7(6)11(16)14-10-8(9(12)18)4-13-15-10/h4,6-7H,2-3,5H2,1H3,(H2,12,18)(H2,13,14,15,16). The van der Waals surface area contributed by atoms with Gasteiger partial charge < -0.3 is 15.8 Å². The van der Waals surface area contributed by atoms with E-state index in [0.717, 1.165) is 6.42 Å². The van der Waals surface area contributed by atoms with Gasteiger partial charge in [-0.15, -0.1) is 0 Å². The van der Waals surface area contributed by atoms with E-state index in [1.807, 2.05) is 6.92 Å². The summed E-state index contributed by atoms with van der Waals surface area (Å²) in [5.74, 6) is 0.565. The number of H-pyrrole nitrogens is 1. The lowest BCUT2D eigenvalue weighted by atomic mass is 9.89. The third-order valence-electron chi connectivity index (χ3n) is 3.13. The number of hydrogen-bond acceptors (Lipinski definition) is 4.